The van der Waals surface area contributed by atoms with Gasteiger partial charge in [0.15, 0.2) is 0 Å². The van der Waals surface area contributed by atoms with Gasteiger partial charge in [0, 0.05) is 29.5 Å². The van der Waals surface area contributed by atoms with Crippen LogP contribution in [0, 0.1) is 0 Å². The van der Waals surface area contributed by atoms with Crippen molar-refractivity contribution in [1.29, 1.82) is 0 Å². The summed E-state index contributed by atoms with van der Waals surface area (Å²) in [5.74, 6) is 0. The van der Waals surface area contributed by atoms with Gasteiger partial charge in [-0.1, -0.05) is 12.1 Å². The number of nitrogens with two attached hydrogens (primary N) is 1. The number of hydrogen-bond donors (Lipinski definition) is 1. The molecule has 0 aliphatic rings. The Morgan fingerprint density at radius 3 is 2.48 bits per heavy atom. The second-order valence-electron chi connectivity index (χ2n) is 6.36. The number of hydrogen-bond acceptors (Lipinski definition) is 4. The monoisotopic (exact) mass is 358 g/mol. The number of benzene rings is 2. The SMILES string of the molecule is CN(C)CCn1c(=O)c2cccc3c4cc(N)ccc4n(c1=O)c23.Cl. The molecule has 0 unspecified atom stereocenters. The molecular weight excluding hydrogens is 340 g/mol. The molecule has 2 aromatic heterocycles. The van der Waals surface area contributed by atoms with Gasteiger partial charge in [-0.05, 0) is 38.4 Å². The van der Waals surface area contributed by atoms with E-state index in [0.717, 1.165) is 16.3 Å². The van der Waals surface area contributed by atoms with Crippen LogP contribution in [0.5, 0.6) is 0 Å². The van der Waals surface area contributed by atoms with E-state index in [-0.39, 0.29) is 23.7 Å². The smallest absolute Gasteiger partial charge is 0.336 e. The zero-order valence-corrected chi connectivity index (χ0v) is 14.8. The predicted molar refractivity (Wildman–Crippen MR) is 104 cm³/mol. The summed E-state index contributed by atoms with van der Waals surface area (Å²) >= 11 is 0. The normalized spacial score (nSPS) is 11.6. The number of rotatable bonds is 3. The Balaban J connectivity index is 0.00000182. The zero-order valence-electron chi connectivity index (χ0n) is 14.0. The molecule has 0 amide bonds. The molecule has 130 valence electrons. The average Bonchev–Trinajstić information content (AvgIpc) is 2.87. The molecule has 0 saturated heterocycles. The zero-order chi connectivity index (χ0) is 17.0. The number of fused-ring (bicyclic) bond motifs is 3. The lowest BCUT2D eigenvalue weighted by Gasteiger charge is -2.12. The molecule has 25 heavy (non-hydrogen) atoms. The van der Waals surface area contributed by atoms with E-state index in [1.807, 2.05) is 43.3 Å². The third-order valence-electron chi connectivity index (χ3n) is 4.48. The van der Waals surface area contributed by atoms with Gasteiger partial charge >= 0.3 is 5.69 Å². The second-order valence-corrected chi connectivity index (χ2v) is 6.36. The molecular formula is C18H19ClN4O2. The highest BCUT2D eigenvalue weighted by molar-refractivity contribution is 6.14. The largest absolute Gasteiger partial charge is 0.399 e. The van der Waals surface area contributed by atoms with Crippen LogP contribution in [0.4, 0.5) is 5.69 Å². The predicted octanol–water partition coefficient (Wildman–Crippen LogP) is 1.77. The number of aromatic nitrogens is 2. The van der Waals surface area contributed by atoms with Gasteiger partial charge in [0.05, 0.1) is 16.4 Å². The molecule has 0 saturated carbocycles. The molecule has 2 N–H and O–H groups in total. The van der Waals surface area contributed by atoms with Gasteiger partial charge in [0.1, 0.15) is 0 Å². The number of para-hydroxylation sites is 1. The van der Waals surface area contributed by atoms with Gasteiger partial charge in [-0.25, -0.2) is 4.79 Å². The quantitative estimate of drug-likeness (QED) is 0.566. The van der Waals surface area contributed by atoms with Crippen molar-refractivity contribution >= 4 is 45.3 Å². The summed E-state index contributed by atoms with van der Waals surface area (Å²) in [6.07, 6.45) is 0. The molecule has 0 fully saturated rings. The Hall–Kier alpha value is -2.57. The van der Waals surface area contributed by atoms with Crippen molar-refractivity contribution < 1.29 is 0 Å². The molecule has 7 heteroatoms. The minimum absolute atomic E-state index is 0. The molecule has 4 aromatic rings. The van der Waals surface area contributed by atoms with Crippen LogP contribution >= 0.6 is 12.4 Å². The Morgan fingerprint density at radius 1 is 1.04 bits per heavy atom. The fourth-order valence-corrected chi connectivity index (χ4v) is 3.31. The molecule has 2 heterocycles. The van der Waals surface area contributed by atoms with E-state index in [9.17, 15) is 9.59 Å². The molecule has 6 nitrogen and oxygen atoms in total. The highest BCUT2D eigenvalue weighted by atomic mass is 35.5. The number of nitrogen functional groups attached to an aromatic ring is 1. The molecule has 0 bridgehead atoms. The van der Waals surface area contributed by atoms with Crippen LogP contribution in [0.2, 0.25) is 0 Å². The van der Waals surface area contributed by atoms with E-state index < -0.39 is 0 Å². The molecule has 0 aliphatic carbocycles. The van der Waals surface area contributed by atoms with Gasteiger partial charge in [-0.15, -0.1) is 12.4 Å². The van der Waals surface area contributed by atoms with Gasteiger partial charge < -0.3 is 10.6 Å². The third-order valence-corrected chi connectivity index (χ3v) is 4.48. The maximum Gasteiger partial charge on any atom is 0.336 e. The standard InChI is InChI=1S/C18H18N4O2.ClH/c1-20(2)8-9-21-17(23)13-5-3-4-12-14-10-11(19)6-7-15(14)22(16(12)13)18(21)24;/h3-7,10H,8-9,19H2,1-2H3;1H. The molecule has 2 aromatic carbocycles. The summed E-state index contributed by atoms with van der Waals surface area (Å²) in [5, 5.41) is 2.33. The van der Waals surface area contributed by atoms with Crippen LogP contribution < -0.4 is 17.0 Å². The molecule has 4 rings (SSSR count). The molecule has 0 spiro atoms. The lowest BCUT2D eigenvalue weighted by molar-refractivity contribution is 0.376. The van der Waals surface area contributed by atoms with Crippen molar-refractivity contribution in [2.75, 3.05) is 26.4 Å². The van der Waals surface area contributed by atoms with E-state index in [4.69, 9.17) is 5.73 Å². The first-order chi connectivity index (χ1) is 11.5. The van der Waals surface area contributed by atoms with E-state index in [1.165, 1.54) is 4.57 Å². The van der Waals surface area contributed by atoms with Crippen LogP contribution in [0.25, 0.3) is 27.2 Å². The highest BCUT2D eigenvalue weighted by Crippen LogP contribution is 2.30. The summed E-state index contributed by atoms with van der Waals surface area (Å²) in [5.41, 5.74) is 7.46. The average molecular weight is 359 g/mol. The fourth-order valence-electron chi connectivity index (χ4n) is 3.31. The van der Waals surface area contributed by atoms with E-state index >= 15 is 0 Å². The topological polar surface area (TPSA) is 72.7 Å². The number of likely N-dealkylation sites (N-methyl/N-ethyl adjacent to an activating group) is 1. The second kappa shape index (κ2) is 6.06. The van der Waals surface area contributed by atoms with Crippen molar-refractivity contribution in [3.63, 3.8) is 0 Å². The van der Waals surface area contributed by atoms with Crippen molar-refractivity contribution in [2.24, 2.45) is 0 Å². The van der Waals surface area contributed by atoms with E-state index in [0.29, 0.717) is 29.7 Å². The molecule has 0 aliphatic heterocycles. The summed E-state index contributed by atoms with van der Waals surface area (Å²) in [6, 6.07) is 11.0. The van der Waals surface area contributed by atoms with Crippen LogP contribution in [-0.2, 0) is 6.54 Å². The summed E-state index contributed by atoms with van der Waals surface area (Å²) < 4.78 is 2.95. The Bertz CT molecular complexity index is 1190. The first kappa shape index (κ1) is 17.3. The minimum atomic E-state index is -0.301. The fraction of sp³-hybridized carbons (Fsp3) is 0.222. The van der Waals surface area contributed by atoms with Crippen molar-refractivity contribution in [3.05, 3.63) is 57.2 Å². The maximum atomic E-state index is 13.0. The van der Waals surface area contributed by atoms with Crippen molar-refractivity contribution in [2.45, 2.75) is 6.54 Å². The first-order valence-electron chi connectivity index (χ1n) is 7.82. The lowest BCUT2D eigenvalue weighted by Crippen LogP contribution is -2.39. The molecule has 0 radical (unpaired) electrons. The van der Waals surface area contributed by atoms with Crippen LogP contribution in [-0.4, -0.2) is 34.5 Å². The van der Waals surface area contributed by atoms with Gasteiger partial charge in [-0.2, -0.15) is 0 Å². The summed E-state index contributed by atoms with van der Waals surface area (Å²) in [4.78, 5) is 27.8. The van der Waals surface area contributed by atoms with E-state index in [2.05, 4.69) is 0 Å². The maximum absolute atomic E-state index is 13.0. The highest BCUT2D eigenvalue weighted by Gasteiger charge is 2.18. The Labute approximate surface area is 149 Å². The van der Waals surface area contributed by atoms with Crippen LogP contribution in [0.3, 0.4) is 0 Å². The van der Waals surface area contributed by atoms with Crippen molar-refractivity contribution in [3.8, 4) is 0 Å². The first-order valence-corrected chi connectivity index (χ1v) is 7.82. The number of anilines is 1. The third kappa shape index (κ3) is 2.45. The summed E-state index contributed by atoms with van der Waals surface area (Å²) in [7, 11) is 3.83. The van der Waals surface area contributed by atoms with Crippen LogP contribution in [0.15, 0.2) is 46.0 Å². The Kier molecular flexibility index (Phi) is 4.18. The van der Waals surface area contributed by atoms with E-state index in [1.54, 1.807) is 16.5 Å². The van der Waals surface area contributed by atoms with Crippen molar-refractivity contribution in [1.82, 2.24) is 13.9 Å². The van der Waals surface area contributed by atoms with Gasteiger partial charge in [0.25, 0.3) is 5.56 Å². The minimum Gasteiger partial charge on any atom is -0.399 e. The summed E-state index contributed by atoms with van der Waals surface area (Å²) in [6.45, 7) is 0.976. The lowest BCUT2D eigenvalue weighted by atomic mass is 10.1. The van der Waals surface area contributed by atoms with Gasteiger partial charge in [0.2, 0.25) is 0 Å². The molecule has 0 atom stereocenters. The Morgan fingerprint density at radius 2 is 1.76 bits per heavy atom. The number of nitrogens with zero attached hydrogens (tertiary/aromatic N) is 3. The van der Waals surface area contributed by atoms with Crippen LogP contribution in [0.1, 0.15) is 0 Å². The van der Waals surface area contributed by atoms with Gasteiger partial charge in [-0.3, -0.25) is 13.8 Å². The number of halogens is 1.